The first-order chi connectivity index (χ1) is 17.8. The molecular formula is C28H38FN5O3. The standard InChI is InChI=1S/C28H38FN5O3/c1-6-21-16-32(18(2)15-33(21)19(3)22-11-10-20(29)13-25(22)36-5)23-14-26(35)31(4)24-17-34(30-28(23)24)27-9-7-8-12-37-27/h10-11,13-14,17-19,21,27H,6-9,12,15-16H2,1-5H3/t18-,19?,21+,27?/m0/s1. The van der Waals surface area contributed by atoms with Crippen molar-refractivity contribution in [3.8, 4) is 5.75 Å². The van der Waals surface area contributed by atoms with Gasteiger partial charge in [-0.25, -0.2) is 9.07 Å². The number of nitrogens with zero attached hydrogens (tertiary/aromatic N) is 5. The Kier molecular flexibility index (Phi) is 7.27. The van der Waals surface area contributed by atoms with Crippen LogP contribution in [0, 0.1) is 5.82 Å². The number of rotatable bonds is 6. The van der Waals surface area contributed by atoms with E-state index in [2.05, 4.69) is 30.6 Å². The molecule has 2 aliphatic rings. The van der Waals surface area contributed by atoms with Crippen LogP contribution in [0.4, 0.5) is 10.1 Å². The van der Waals surface area contributed by atoms with Crippen molar-refractivity contribution in [2.24, 2.45) is 7.05 Å². The highest BCUT2D eigenvalue weighted by molar-refractivity contribution is 5.88. The molecule has 4 atom stereocenters. The lowest BCUT2D eigenvalue weighted by Crippen LogP contribution is -2.58. The molecule has 0 bridgehead atoms. The minimum atomic E-state index is -0.300. The molecular weight excluding hydrogens is 473 g/mol. The number of hydrogen-bond acceptors (Lipinski definition) is 6. The first kappa shape index (κ1) is 25.7. The minimum absolute atomic E-state index is 0.0429. The molecule has 2 unspecified atom stereocenters. The van der Waals surface area contributed by atoms with Crippen molar-refractivity contribution in [1.82, 2.24) is 19.2 Å². The van der Waals surface area contributed by atoms with Crippen LogP contribution in [0.25, 0.3) is 11.0 Å². The van der Waals surface area contributed by atoms with E-state index in [9.17, 15) is 9.18 Å². The van der Waals surface area contributed by atoms with E-state index >= 15 is 0 Å². The van der Waals surface area contributed by atoms with Crippen LogP contribution < -0.4 is 15.2 Å². The second-order valence-electron chi connectivity index (χ2n) is 10.4. The van der Waals surface area contributed by atoms with Gasteiger partial charge in [0.25, 0.3) is 5.56 Å². The van der Waals surface area contributed by atoms with Gasteiger partial charge in [-0.05, 0) is 45.6 Å². The number of piperazine rings is 1. The normalized spacial score (nSPS) is 23.9. The van der Waals surface area contributed by atoms with Crippen LogP contribution in [0.1, 0.15) is 64.3 Å². The zero-order valence-electron chi connectivity index (χ0n) is 22.5. The van der Waals surface area contributed by atoms with Gasteiger partial charge in [-0.3, -0.25) is 9.69 Å². The Bertz CT molecular complexity index is 1320. The molecule has 1 aromatic carbocycles. The monoisotopic (exact) mass is 511 g/mol. The summed E-state index contributed by atoms with van der Waals surface area (Å²) in [6, 6.07) is 6.94. The Morgan fingerprint density at radius 2 is 2.05 bits per heavy atom. The summed E-state index contributed by atoms with van der Waals surface area (Å²) < 4.78 is 28.9. The number of methoxy groups -OCH3 is 1. The smallest absolute Gasteiger partial charge is 0.252 e. The molecule has 4 heterocycles. The molecule has 9 heteroatoms. The topological polar surface area (TPSA) is 64.8 Å². The summed E-state index contributed by atoms with van der Waals surface area (Å²) in [4.78, 5) is 17.8. The Morgan fingerprint density at radius 1 is 1.24 bits per heavy atom. The van der Waals surface area contributed by atoms with Crippen LogP contribution in [0.5, 0.6) is 5.75 Å². The summed E-state index contributed by atoms with van der Waals surface area (Å²) in [5, 5.41) is 4.96. The third kappa shape index (κ3) is 4.75. The van der Waals surface area contributed by atoms with Crippen LogP contribution in [0.2, 0.25) is 0 Å². The third-order valence-corrected chi connectivity index (χ3v) is 8.17. The highest BCUT2D eigenvalue weighted by Crippen LogP contribution is 2.36. The molecule has 0 N–H and O–H groups in total. The highest BCUT2D eigenvalue weighted by atomic mass is 19.1. The van der Waals surface area contributed by atoms with E-state index in [0.717, 1.165) is 67.7 Å². The number of hydrogen-bond donors (Lipinski definition) is 0. The summed E-state index contributed by atoms with van der Waals surface area (Å²) in [7, 11) is 3.39. The highest BCUT2D eigenvalue weighted by Gasteiger charge is 2.36. The van der Waals surface area contributed by atoms with Crippen molar-refractivity contribution in [2.75, 3.05) is 31.7 Å². The molecule has 2 aliphatic heterocycles. The molecule has 0 amide bonds. The summed E-state index contributed by atoms with van der Waals surface area (Å²) >= 11 is 0. The Morgan fingerprint density at radius 3 is 2.76 bits per heavy atom. The summed E-state index contributed by atoms with van der Waals surface area (Å²) in [6.07, 6.45) is 5.92. The molecule has 0 radical (unpaired) electrons. The van der Waals surface area contributed by atoms with E-state index in [0.29, 0.717) is 5.75 Å². The lowest BCUT2D eigenvalue weighted by Gasteiger charge is -2.48. The van der Waals surface area contributed by atoms with Gasteiger partial charge in [-0.1, -0.05) is 13.0 Å². The quantitative estimate of drug-likeness (QED) is 0.481. The van der Waals surface area contributed by atoms with Crippen LogP contribution in [0.15, 0.2) is 35.3 Å². The third-order valence-electron chi connectivity index (χ3n) is 8.17. The van der Waals surface area contributed by atoms with E-state index in [1.54, 1.807) is 24.8 Å². The molecule has 2 aromatic heterocycles. The number of benzene rings is 1. The second-order valence-corrected chi connectivity index (χ2v) is 10.4. The molecule has 5 rings (SSSR count). The average Bonchev–Trinajstić information content (AvgIpc) is 3.37. The number of aromatic nitrogens is 3. The van der Waals surface area contributed by atoms with Gasteiger partial charge in [-0.15, -0.1) is 0 Å². The van der Waals surface area contributed by atoms with Crippen LogP contribution in [-0.2, 0) is 11.8 Å². The van der Waals surface area contributed by atoms with Crippen molar-refractivity contribution in [3.63, 3.8) is 0 Å². The number of fused-ring (bicyclic) bond motifs is 1. The second kappa shape index (κ2) is 10.5. The SMILES string of the molecule is CC[C@@H]1CN(c2cc(=O)n(C)c3cn(C4CCCCO4)nc23)[C@@H](C)CN1C(C)c1ccc(F)cc1OC. The fourth-order valence-electron chi connectivity index (χ4n) is 5.96. The number of halogens is 1. The fourth-order valence-corrected chi connectivity index (χ4v) is 5.96. The maximum absolute atomic E-state index is 13.8. The zero-order valence-corrected chi connectivity index (χ0v) is 22.5. The maximum atomic E-state index is 13.8. The fraction of sp³-hybridized carbons (Fsp3) is 0.571. The number of pyridine rings is 1. The number of ether oxygens (including phenoxy) is 2. The number of anilines is 1. The van der Waals surface area contributed by atoms with Crippen molar-refractivity contribution in [1.29, 1.82) is 0 Å². The summed E-state index contributed by atoms with van der Waals surface area (Å²) in [5.41, 5.74) is 3.47. The minimum Gasteiger partial charge on any atom is -0.496 e. The van der Waals surface area contributed by atoms with E-state index < -0.39 is 0 Å². The Balaban J connectivity index is 1.48. The van der Waals surface area contributed by atoms with Gasteiger partial charge < -0.3 is 18.9 Å². The van der Waals surface area contributed by atoms with Gasteiger partial charge in [0.15, 0.2) is 0 Å². The van der Waals surface area contributed by atoms with Crippen LogP contribution in [-0.4, -0.2) is 58.1 Å². The zero-order chi connectivity index (χ0) is 26.3. The lowest BCUT2D eigenvalue weighted by molar-refractivity contribution is -0.0390. The van der Waals surface area contributed by atoms with Crippen molar-refractivity contribution in [3.05, 3.63) is 52.2 Å². The predicted molar refractivity (Wildman–Crippen MR) is 143 cm³/mol. The van der Waals surface area contributed by atoms with Gasteiger partial charge in [0.2, 0.25) is 0 Å². The summed E-state index contributed by atoms with van der Waals surface area (Å²) in [5.74, 6) is 0.270. The van der Waals surface area contributed by atoms with Crippen molar-refractivity contribution >= 4 is 16.7 Å². The molecule has 2 fully saturated rings. The van der Waals surface area contributed by atoms with Crippen LogP contribution in [0.3, 0.4) is 0 Å². The Labute approximate surface area is 217 Å². The van der Waals surface area contributed by atoms with E-state index in [4.69, 9.17) is 14.6 Å². The van der Waals surface area contributed by atoms with E-state index in [1.807, 2.05) is 16.9 Å². The lowest BCUT2D eigenvalue weighted by atomic mass is 9.97. The first-order valence-electron chi connectivity index (χ1n) is 13.4. The molecule has 2 saturated heterocycles. The maximum Gasteiger partial charge on any atom is 0.252 e. The van der Waals surface area contributed by atoms with Crippen molar-refractivity contribution < 1.29 is 13.9 Å². The molecule has 8 nitrogen and oxygen atoms in total. The molecule has 0 saturated carbocycles. The predicted octanol–water partition coefficient (Wildman–Crippen LogP) is 4.63. The van der Waals surface area contributed by atoms with Gasteiger partial charge in [0.1, 0.15) is 23.3 Å². The molecule has 0 aliphatic carbocycles. The molecule has 200 valence electrons. The molecule has 37 heavy (non-hydrogen) atoms. The molecule has 0 spiro atoms. The number of aryl methyl sites for hydroxylation is 1. The van der Waals surface area contributed by atoms with Gasteiger partial charge >= 0.3 is 0 Å². The van der Waals surface area contributed by atoms with Crippen LogP contribution >= 0.6 is 0 Å². The van der Waals surface area contributed by atoms with E-state index in [-0.39, 0.29) is 35.7 Å². The van der Waals surface area contributed by atoms with E-state index in [1.165, 1.54) is 12.1 Å². The molecule has 3 aromatic rings. The first-order valence-corrected chi connectivity index (χ1v) is 13.4. The summed E-state index contributed by atoms with van der Waals surface area (Å²) in [6.45, 7) is 8.83. The van der Waals surface area contributed by atoms with Gasteiger partial charge in [-0.2, -0.15) is 5.10 Å². The average molecular weight is 512 g/mol. The van der Waals surface area contributed by atoms with Crippen molar-refractivity contribution in [2.45, 2.75) is 70.8 Å². The largest absolute Gasteiger partial charge is 0.496 e. The van der Waals surface area contributed by atoms with Gasteiger partial charge in [0.05, 0.1) is 24.5 Å². The van der Waals surface area contributed by atoms with Gasteiger partial charge in [0, 0.05) is 62.6 Å². The Hall–Kier alpha value is -2.91.